The standard InChI is InChI=1S/C16H22N2O/c1-2-18(10-11-5-3-4-6-15(11)17)16(19)14-8-12-7-13(12)9-14/h3-6,12-14H,2,7-10,17H2,1H3. The summed E-state index contributed by atoms with van der Waals surface area (Å²) < 4.78 is 0. The predicted molar refractivity (Wildman–Crippen MR) is 76.3 cm³/mol. The minimum atomic E-state index is 0.272. The van der Waals surface area contributed by atoms with Crippen molar-refractivity contribution in [1.82, 2.24) is 4.90 Å². The van der Waals surface area contributed by atoms with Gasteiger partial charge in [-0.15, -0.1) is 0 Å². The molecule has 3 heteroatoms. The molecule has 2 fully saturated rings. The lowest BCUT2D eigenvalue weighted by Crippen LogP contribution is -2.35. The molecule has 2 saturated carbocycles. The van der Waals surface area contributed by atoms with E-state index in [2.05, 4.69) is 0 Å². The summed E-state index contributed by atoms with van der Waals surface area (Å²) in [5.41, 5.74) is 7.81. The van der Waals surface area contributed by atoms with Crippen molar-refractivity contribution in [3.63, 3.8) is 0 Å². The van der Waals surface area contributed by atoms with Gasteiger partial charge in [-0.05, 0) is 49.7 Å². The molecule has 0 aliphatic heterocycles. The molecule has 0 aromatic heterocycles. The maximum atomic E-state index is 12.5. The molecule has 0 radical (unpaired) electrons. The van der Waals surface area contributed by atoms with Crippen LogP contribution in [0.1, 0.15) is 31.7 Å². The van der Waals surface area contributed by atoms with Crippen LogP contribution in [0, 0.1) is 17.8 Å². The topological polar surface area (TPSA) is 46.3 Å². The number of fused-ring (bicyclic) bond motifs is 1. The van der Waals surface area contributed by atoms with Crippen LogP contribution in [0.5, 0.6) is 0 Å². The second kappa shape index (κ2) is 4.87. The van der Waals surface area contributed by atoms with Gasteiger partial charge in [0.1, 0.15) is 0 Å². The monoisotopic (exact) mass is 258 g/mol. The number of carbonyl (C=O) groups excluding carboxylic acids is 1. The fourth-order valence-electron chi connectivity index (χ4n) is 3.40. The number of nitrogens with zero attached hydrogens (tertiary/aromatic N) is 1. The van der Waals surface area contributed by atoms with Gasteiger partial charge in [0.25, 0.3) is 0 Å². The molecule has 0 bridgehead atoms. The van der Waals surface area contributed by atoms with E-state index in [0.29, 0.717) is 12.5 Å². The van der Waals surface area contributed by atoms with Gasteiger partial charge in [0.05, 0.1) is 0 Å². The number of benzene rings is 1. The summed E-state index contributed by atoms with van der Waals surface area (Å²) in [6.45, 7) is 3.46. The van der Waals surface area contributed by atoms with E-state index in [-0.39, 0.29) is 5.92 Å². The quantitative estimate of drug-likeness (QED) is 0.844. The van der Waals surface area contributed by atoms with Crippen molar-refractivity contribution < 1.29 is 4.79 Å². The number of carbonyl (C=O) groups is 1. The Balaban J connectivity index is 1.67. The van der Waals surface area contributed by atoms with Gasteiger partial charge >= 0.3 is 0 Å². The summed E-state index contributed by atoms with van der Waals surface area (Å²) in [6, 6.07) is 7.83. The fraction of sp³-hybridized carbons (Fsp3) is 0.562. The van der Waals surface area contributed by atoms with Crippen LogP contribution in [0.3, 0.4) is 0 Å². The van der Waals surface area contributed by atoms with Crippen molar-refractivity contribution in [3.8, 4) is 0 Å². The number of hydrogen-bond acceptors (Lipinski definition) is 2. The minimum Gasteiger partial charge on any atom is -0.398 e. The smallest absolute Gasteiger partial charge is 0.225 e. The molecule has 1 amide bonds. The summed E-state index contributed by atoms with van der Waals surface area (Å²) >= 11 is 0. The number of nitrogens with two attached hydrogens (primary N) is 1. The molecule has 2 unspecified atom stereocenters. The summed E-state index contributed by atoms with van der Waals surface area (Å²) in [6.07, 6.45) is 3.59. The van der Waals surface area contributed by atoms with Crippen LogP contribution in [0.2, 0.25) is 0 Å². The lowest BCUT2D eigenvalue weighted by molar-refractivity contribution is -0.136. The highest BCUT2D eigenvalue weighted by Crippen LogP contribution is 2.54. The highest BCUT2D eigenvalue weighted by molar-refractivity contribution is 5.79. The van der Waals surface area contributed by atoms with Gasteiger partial charge in [0.15, 0.2) is 0 Å². The number of anilines is 1. The molecule has 3 nitrogen and oxygen atoms in total. The van der Waals surface area contributed by atoms with Crippen LogP contribution >= 0.6 is 0 Å². The predicted octanol–water partition coefficient (Wildman–Crippen LogP) is 2.66. The summed E-state index contributed by atoms with van der Waals surface area (Å²) in [4.78, 5) is 14.5. The first-order valence-electron chi connectivity index (χ1n) is 7.31. The average Bonchev–Trinajstić information content (AvgIpc) is 3.03. The highest BCUT2D eigenvalue weighted by Gasteiger charge is 2.48. The SMILES string of the molecule is CCN(Cc1ccccc1N)C(=O)C1CC2CC2C1. The number of nitrogen functional groups attached to an aromatic ring is 1. The van der Waals surface area contributed by atoms with Crippen molar-refractivity contribution >= 4 is 11.6 Å². The number of para-hydroxylation sites is 1. The summed E-state index contributed by atoms with van der Waals surface area (Å²) in [5, 5.41) is 0. The van der Waals surface area contributed by atoms with E-state index in [9.17, 15) is 4.79 Å². The van der Waals surface area contributed by atoms with Gasteiger partial charge in [-0.3, -0.25) is 4.79 Å². The average molecular weight is 258 g/mol. The maximum Gasteiger partial charge on any atom is 0.225 e. The van der Waals surface area contributed by atoms with Gasteiger partial charge in [-0.1, -0.05) is 18.2 Å². The zero-order valence-electron chi connectivity index (χ0n) is 11.5. The fourth-order valence-corrected chi connectivity index (χ4v) is 3.40. The lowest BCUT2D eigenvalue weighted by atomic mass is 10.0. The Labute approximate surface area is 114 Å². The Hall–Kier alpha value is -1.51. The van der Waals surface area contributed by atoms with Crippen molar-refractivity contribution in [3.05, 3.63) is 29.8 Å². The van der Waals surface area contributed by atoms with E-state index in [1.165, 1.54) is 6.42 Å². The molecule has 2 aliphatic rings. The Morgan fingerprint density at radius 1 is 1.26 bits per heavy atom. The van der Waals surface area contributed by atoms with E-state index in [1.54, 1.807) is 0 Å². The number of rotatable bonds is 4. The van der Waals surface area contributed by atoms with Crippen LogP contribution < -0.4 is 5.73 Å². The highest BCUT2D eigenvalue weighted by atomic mass is 16.2. The second-order valence-corrected chi connectivity index (χ2v) is 5.98. The Morgan fingerprint density at radius 2 is 1.95 bits per heavy atom. The zero-order valence-corrected chi connectivity index (χ0v) is 11.5. The molecule has 2 atom stereocenters. The molecule has 2 aliphatic carbocycles. The zero-order chi connectivity index (χ0) is 13.4. The van der Waals surface area contributed by atoms with Crippen LogP contribution in [0.15, 0.2) is 24.3 Å². The van der Waals surface area contributed by atoms with Crippen LogP contribution in [-0.2, 0) is 11.3 Å². The summed E-state index contributed by atoms with van der Waals surface area (Å²) in [5.74, 6) is 2.32. The third-order valence-electron chi connectivity index (χ3n) is 4.70. The lowest BCUT2D eigenvalue weighted by Gasteiger charge is -2.25. The van der Waals surface area contributed by atoms with Crippen molar-refractivity contribution in [2.45, 2.75) is 32.7 Å². The molecule has 102 valence electrons. The van der Waals surface area contributed by atoms with E-state index in [0.717, 1.165) is 42.5 Å². The van der Waals surface area contributed by atoms with Gasteiger partial charge in [0, 0.05) is 24.7 Å². The molecule has 1 aromatic carbocycles. The first-order valence-corrected chi connectivity index (χ1v) is 7.31. The van der Waals surface area contributed by atoms with Crippen molar-refractivity contribution in [1.29, 1.82) is 0 Å². The second-order valence-electron chi connectivity index (χ2n) is 5.98. The van der Waals surface area contributed by atoms with Gasteiger partial charge in [-0.25, -0.2) is 0 Å². The van der Waals surface area contributed by atoms with E-state index >= 15 is 0 Å². The normalized spacial score (nSPS) is 27.9. The Kier molecular flexibility index (Phi) is 3.21. The first-order chi connectivity index (χ1) is 9.19. The Bertz CT molecular complexity index is 475. The van der Waals surface area contributed by atoms with Crippen LogP contribution in [0.25, 0.3) is 0 Å². The van der Waals surface area contributed by atoms with Crippen molar-refractivity contribution in [2.24, 2.45) is 17.8 Å². The van der Waals surface area contributed by atoms with Crippen molar-refractivity contribution in [2.75, 3.05) is 12.3 Å². The maximum absolute atomic E-state index is 12.5. The minimum absolute atomic E-state index is 0.272. The third kappa shape index (κ3) is 2.46. The summed E-state index contributed by atoms with van der Waals surface area (Å²) in [7, 11) is 0. The van der Waals surface area contributed by atoms with E-state index in [1.807, 2.05) is 36.1 Å². The van der Waals surface area contributed by atoms with Crippen LogP contribution in [-0.4, -0.2) is 17.4 Å². The number of hydrogen-bond donors (Lipinski definition) is 1. The molecular formula is C16H22N2O. The van der Waals surface area contributed by atoms with Gasteiger partial charge in [0.2, 0.25) is 5.91 Å². The third-order valence-corrected chi connectivity index (χ3v) is 4.70. The molecular weight excluding hydrogens is 236 g/mol. The molecule has 19 heavy (non-hydrogen) atoms. The molecule has 1 aromatic rings. The molecule has 0 saturated heterocycles. The molecule has 2 N–H and O–H groups in total. The number of amides is 1. The van der Waals surface area contributed by atoms with Gasteiger partial charge in [-0.2, -0.15) is 0 Å². The largest absolute Gasteiger partial charge is 0.398 e. The van der Waals surface area contributed by atoms with Gasteiger partial charge < -0.3 is 10.6 Å². The van der Waals surface area contributed by atoms with Crippen LogP contribution in [0.4, 0.5) is 5.69 Å². The molecule has 0 heterocycles. The Morgan fingerprint density at radius 3 is 2.58 bits per heavy atom. The first kappa shape index (κ1) is 12.5. The molecule has 0 spiro atoms. The van der Waals surface area contributed by atoms with E-state index in [4.69, 9.17) is 5.73 Å². The molecule has 3 rings (SSSR count). The van der Waals surface area contributed by atoms with E-state index < -0.39 is 0 Å².